The van der Waals surface area contributed by atoms with Crippen molar-refractivity contribution in [2.24, 2.45) is 0 Å². The zero-order chi connectivity index (χ0) is 15.4. The molecule has 0 amide bonds. The number of carboxylic acids is 1. The molecule has 2 heterocycles. The van der Waals surface area contributed by atoms with Gasteiger partial charge in [0.15, 0.2) is 0 Å². The third kappa shape index (κ3) is 2.76. The third-order valence-electron chi connectivity index (χ3n) is 3.02. The van der Waals surface area contributed by atoms with E-state index in [2.05, 4.69) is 15.0 Å². The average molecular weight is 292 g/mol. The number of aromatic carboxylic acids is 1. The smallest absolute Gasteiger partial charge is 0.335 e. The molecule has 0 aliphatic heterocycles. The minimum absolute atomic E-state index is 0.201. The number of nitrogens with zero attached hydrogens (tertiary/aromatic N) is 4. The minimum Gasteiger partial charge on any atom is -0.478 e. The first-order chi connectivity index (χ1) is 10.8. The quantitative estimate of drug-likeness (QED) is 0.796. The summed E-state index contributed by atoms with van der Waals surface area (Å²) < 4.78 is 0. The lowest BCUT2D eigenvalue weighted by atomic mass is 10.2. The van der Waals surface area contributed by atoms with E-state index >= 15 is 0 Å². The molecule has 22 heavy (non-hydrogen) atoms. The molecule has 1 N–H and O–H groups in total. The van der Waals surface area contributed by atoms with E-state index in [9.17, 15) is 9.90 Å². The Labute approximate surface area is 126 Å². The van der Waals surface area contributed by atoms with E-state index in [0.717, 1.165) is 5.69 Å². The fourth-order valence-corrected chi connectivity index (χ4v) is 2.06. The van der Waals surface area contributed by atoms with Gasteiger partial charge in [0.2, 0.25) is 5.95 Å². The van der Waals surface area contributed by atoms with E-state index in [1.807, 2.05) is 18.2 Å². The summed E-state index contributed by atoms with van der Waals surface area (Å²) in [6.45, 7) is 0. The summed E-state index contributed by atoms with van der Waals surface area (Å²) in [6, 6.07) is 12.0. The van der Waals surface area contributed by atoms with Gasteiger partial charge in [0.05, 0.1) is 11.3 Å². The number of aromatic nitrogens is 3. The summed E-state index contributed by atoms with van der Waals surface area (Å²) >= 11 is 0. The number of benzene rings is 1. The summed E-state index contributed by atoms with van der Waals surface area (Å²) in [6.07, 6.45) is 6.59. The van der Waals surface area contributed by atoms with Gasteiger partial charge in [0.25, 0.3) is 0 Å². The van der Waals surface area contributed by atoms with Gasteiger partial charge in [0.1, 0.15) is 0 Å². The Balaban J connectivity index is 2.14. The standard InChI is InChI=1S/C16H12N4O2/c21-15(22)12-3-1-4-14(11-12)20(13-5-9-17-10-6-13)16-18-7-2-8-19-16/h1-11H,(H,21,22). The van der Waals surface area contributed by atoms with Crippen LogP contribution >= 0.6 is 0 Å². The first-order valence-electron chi connectivity index (χ1n) is 6.56. The molecule has 3 aromatic rings. The van der Waals surface area contributed by atoms with Gasteiger partial charge in [0, 0.05) is 30.5 Å². The molecule has 108 valence electrons. The van der Waals surface area contributed by atoms with Crippen molar-refractivity contribution in [3.05, 3.63) is 72.8 Å². The van der Waals surface area contributed by atoms with Gasteiger partial charge in [-0.2, -0.15) is 0 Å². The van der Waals surface area contributed by atoms with Crippen LogP contribution in [-0.4, -0.2) is 26.0 Å². The highest BCUT2D eigenvalue weighted by Crippen LogP contribution is 2.31. The van der Waals surface area contributed by atoms with Gasteiger partial charge in [-0.15, -0.1) is 0 Å². The number of hydrogen-bond donors (Lipinski definition) is 1. The summed E-state index contributed by atoms with van der Waals surface area (Å²) in [5, 5.41) is 9.17. The van der Waals surface area contributed by atoms with Crippen molar-refractivity contribution in [3.8, 4) is 0 Å². The number of hydrogen-bond acceptors (Lipinski definition) is 5. The number of pyridine rings is 1. The highest BCUT2D eigenvalue weighted by Gasteiger charge is 2.15. The fourth-order valence-electron chi connectivity index (χ4n) is 2.06. The molecule has 6 nitrogen and oxygen atoms in total. The number of anilines is 3. The maximum absolute atomic E-state index is 11.2. The van der Waals surface area contributed by atoms with Crippen LogP contribution in [0.25, 0.3) is 0 Å². The third-order valence-corrected chi connectivity index (χ3v) is 3.02. The molecule has 1 aromatic carbocycles. The lowest BCUT2D eigenvalue weighted by molar-refractivity contribution is 0.0697. The second kappa shape index (κ2) is 6.01. The molecule has 0 saturated heterocycles. The Morgan fingerprint density at radius 1 is 0.909 bits per heavy atom. The molecule has 0 spiro atoms. The number of rotatable bonds is 4. The maximum Gasteiger partial charge on any atom is 0.335 e. The zero-order valence-electron chi connectivity index (χ0n) is 11.5. The molecule has 0 unspecified atom stereocenters. The molecule has 0 aliphatic carbocycles. The molecule has 0 fully saturated rings. The van der Waals surface area contributed by atoms with Crippen molar-refractivity contribution in [1.29, 1.82) is 0 Å². The lowest BCUT2D eigenvalue weighted by Gasteiger charge is -2.22. The van der Waals surface area contributed by atoms with E-state index in [4.69, 9.17) is 0 Å². The van der Waals surface area contributed by atoms with Crippen LogP contribution in [0.15, 0.2) is 67.3 Å². The van der Waals surface area contributed by atoms with Gasteiger partial charge < -0.3 is 5.11 Å². The van der Waals surface area contributed by atoms with Crippen LogP contribution < -0.4 is 4.90 Å². The lowest BCUT2D eigenvalue weighted by Crippen LogP contribution is -2.13. The summed E-state index contributed by atoms with van der Waals surface area (Å²) in [4.78, 5) is 25.5. The predicted octanol–water partition coefficient (Wildman–Crippen LogP) is 3.04. The first kappa shape index (κ1) is 13.7. The van der Waals surface area contributed by atoms with Crippen LogP contribution in [0, 0.1) is 0 Å². The highest BCUT2D eigenvalue weighted by molar-refractivity contribution is 5.89. The molecule has 0 bridgehead atoms. The van der Waals surface area contributed by atoms with Crippen molar-refractivity contribution in [3.63, 3.8) is 0 Å². The fraction of sp³-hybridized carbons (Fsp3) is 0. The number of carbonyl (C=O) groups is 1. The van der Waals surface area contributed by atoms with Crippen LogP contribution in [0.2, 0.25) is 0 Å². The Morgan fingerprint density at radius 3 is 2.32 bits per heavy atom. The Kier molecular flexibility index (Phi) is 3.74. The average Bonchev–Trinajstić information content (AvgIpc) is 2.57. The first-order valence-corrected chi connectivity index (χ1v) is 6.56. The molecule has 0 atom stereocenters. The zero-order valence-corrected chi connectivity index (χ0v) is 11.5. The summed E-state index contributed by atoms with van der Waals surface area (Å²) in [7, 11) is 0. The second-order valence-electron chi connectivity index (χ2n) is 4.45. The van der Waals surface area contributed by atoms with E-state index in [0.29, 0.717) is 11.6 Å². The maximum atomic E-state index is 11.2. The summed E-state index contributed by atoms with van der Waals surface area (Å²) in [5.41, 5.74) is 1.66. The topological polar surface area (TPSA) is 79.2 Å². The number of carboxylic acid groups (broad SMARTS) is 1. The van der Waals surface area contributed by atoms with Crippen LogP contribution in [0.1, 0.15) is 10.4 Å². The van der Waals surface area contributed by atoms with Crippen LogP contribution in [0.4, 0.5) is 17.3 Å². The monoisotopic (exact) mass is 292 g/mol. The minimum atomic E-state index is -0.981. The van der Waals surface area contributed by atoms with Crippen molar-refractivity contribution in [2.75, 3.05) is 4.90 Å². The predicted molar refractivity (Wildman–Crippen MR) is 81.5 cm³/mol. The van der Waals surface area contributed by atoms with Gasteiger partial charge in [-0.05, 0) is 36.4 Å². The van der Waals surface area contributed by atoms with Gasteiger partial charge in [-0.3, -0.25) is 9.88 Å². The van der Waals surface area contributed by atoms with Gasteiger partial charge >= 0.3 is 5.97 Å². The van der Waals surface area contributed by atoms with Gasteiger partial charge in [-0.25, -0.2) is 14.8 Å². The molecular formula is C16H12N4O2. The summed E-state index contributed by atoms with van der Waals surface area (Å²) in [5.74, 6) is -0.526. The molecular weight excluding hydrogens is 280 g/mol. The Bertz CT molecular complexity index is 739. The molecule has 0 radical (unpaired) electrons. The normalized spacial score (nSPS) is 10.2. The Morgan fingerprint density at radius 2 is 1.64 bits per heavy atom. The van der Waals surface area contributed by atoms with E-state index in [1.165, 1.54) is 0 Å². The molecule has 0 saturated carbocycles. The molecule has 3 rings (SSSR count). The van der Waals surface area contributed by atoms with E-state index < -0.39 is 5.97 Å². The molecule has 6 heteroatoms. The molecule has 0 aliphatic rings. The second-order valence-corrected chi connectivity index (χ2v) is 4.45. The van der Waals surface area contributed by atoms with Crippen molar-refractivity contribution in [2.45, 2.75) is 0 Å². The highest BCUT2D eigenvalue weighted by atomic mass is 16.4. The van der Waals surface area contributed by atoms with Crippen LogP contribution in [0.3, 0.4) is 0 Å². The molecule has 2 aromatic heterocycles. The van der Waals surface area contributed by atoms with Crippen molar-refractivity contribution in [1.82, 2.24) is 15.0 Å². The van der Waals surface area contributed by atoms with Crippen LogP contribution in [0.5, 0.6) is 0 Å². The van der Waals surface area contributed by atoms with E-state index in [-0.39, 0.29) is 5.56 Å². The van der Waals surface area contributed by atoms with Crippen molar-refractivity contribution < 1.29 is 9.90 Å². The van der Waals surface area contributed by atoms with Crippen LogP contribution in [-0.2, 0) is 0 Å². The SMILES string of the molecule is O=C(O)c1cccc(N(c2ccncc2)c2ncccn2)c1. The largest absolute Gasteiger partial charge is 0.478 e. The van der Waals surface area contributed by atoms with Crippen molar-refractivity contribution >= 4 is 23.3 Å². The Hall–Kier alpha value is -3.28. The van der Waals surface area contributed by atoms with Gasteiger partial charge in [-0.1, -0.05) is 6.07 Å². The van der Waals surface area contributed by atoms with E-state index in [1.54, 1.807) is 54.0 Å².